The second kappa shape index (κ2) is 7.96. The Labute approximate surface area is 145 Å². The van der Waals surface area contributed by atoms with Crippen LogP contribution in [0.25, 0.3) is 6.08 Å². The van der Waals surface area contributed by atoms with Crippen LogP contribution in [-0.2, 0) is 4.79 Å². The van der Waals surface area contributed by atoms with Gasteiger partial charge in [0.25, 0.3) is 0 Å². The number of para-hydroxylation sites is 1. The fourth-order valence-electron chi connectivity index (χ4n) is 2.19. The van der Waals surface area contributed by atoms with E-state index in [1.165, 1.54) is 39.5 Å². The maximum absolute atomic E-state index is 12.1. The number of aromatic hydroxyl groups is 2. The first-order valence-corrected chi connectivity index (χ1v) is 7.30. The number of rotatable bonds is 6. The number of ether oxygens (including phenoxy) is 3. The Hall–Kier alpha value is -3.35. The van der Waals surface area contributed by atoms with E-state index in [0.29, 0.717) is 28.5 Å². The fourth-order valence-corrected chi connectivity index (χ4v) is 2.19. The van der Waals surface area contributed by atoms with Crippen molar-refractivity contribution in [3.05, 3.63) is 42.0 Å². The Kier molecular flexibility index (Phi) is 5.73. The smallest absolute Gasteiger partial charge is 0.248 e. The number of hydrogen-bond donors (Lipinski definition) is 3. The molecular formula is C18H19NO6. The molecule has 2 aromatic rings. The summed E-state index contributed by atoms with van der Waals surface area (Å²) in [6.07, 6.45) is 2.63. The van der Waals surface area contributed by atoms with E-state index in [1.807, 2.05) is 0 Å². The first-order chi connectivity index (χ1) is 12.0. The standard InChI is InChI=1S/C18H19NO6/c1-23-14-9-12(10-15(24-2)18(14)25-3)19-16(21)8-7-11-5-4-6-13(20)17(11)22/h4-10,20,22H,1-3H3,(H,19,21)/b8-7+. The lowest BCUT2D eigenvalue weighted by molar-refractivity contribution is -0.111. The molecule has 0 aliphatic carbocycles. The van der Waals surface area contributed by atoms with Crippen LogP contribution >= 0.6 is 0 Å². The van der Waals surface area contributed by atoms with Gasteiger partial charge in [-0.25, -0.2) is 0 Å². The van der Waals surface area contributed by atoms with Crippen LogP contribution < -0.4 is 19.5 Å². The van der Waals surface area contributed by atoms with Crippen LogP contribution in [0.1, 0.15) is 5.56 Å². The molecule has 0 aliphatic heterocycles. The largest absolute Gasteiger partial charge is 0.504 e. The molecule has 0 radical (unpaired) electrons. The summed E-state index contributed by atoms with van der Waals surface area (Å²) in [6.45, 7) is 0. The zero-order valence-corrected chi connectivity index (χ0v) is 14.1. The maximum atomic E-state index is 12.1. The molecule has 0 unspecified atom stereocenters. The van der Waals surface area contributed by atoms with Crippen molar-refractivity contribution in [1.29, 1.82) is 0 Å². The third kappa shape index (κ3) is 4.14. The number of amides is 1. The molecule has 0 aliphatic rings. The lowest BCUT2D eigenvalue weighted by Crippen LogP contribution is -2.08. The highest BCUT2D eigenvalue weighted by atomic mass is 16.5. The molecule has 0 heterocycles. The summed E-state index contributed by atoms with van der Waals surface area (Å²) in [5.74, 6) is 0.255. The Balaban J connectivity index is 2.20. The predicted octanol–water partition coefficient (Wildman–Crippen LogP) is 2.78. The zero-order chi connectivity index (χ0) is 18.4. The van der Waals surface area contributed by atoms with Gasteiger partial charge in [-0.05, 0) is 12.1 Å². The number of benzene rings is 2. The number of methoxy groups -OCH3 is 3. The van der Waals surface area contributed by atoms with E-state index in [1.54, 1.807) is 24.3 Å². The molecule has 132 valence electrons. The predicted molar refractivity (Wildman–Crippen MR) is 93.5 cm³/mol. The number of phenols is 2. The first kappa shape index (κ1) is 18.0. The van der Waals surface area contributed by atoms with Crippen LogP contribution in [0, 0.1) is 0 Å². The Morgan fingerprint density at radius 2 is 1.68 bits per heavy atom. The lowest BCUT2D eigenvalue weighted by atomic mass is 10.1. The van der Waals surface area contributed by atoms with E-state index < -0.39 is 5.91 Å². The summed E-state index contributed by atoms with van der Waals surface area (Å²) in [7, 11) is 4.45. The van der Waals surface area contributed by atoms with Gasteiger partial charge in [-0.3, -0.25) is 4.79 Å². The minimum Gasteiger partial charge on any atom is -0.504 e. The van der Waals surface area contributed by atoms with Crippen LogP contribution in [0.15, 0.2) is 36.4 Å². The summed E-state index contributed by atoms with van der Waals surface area (Å²) in [5, 5.41) is 21.8. The van der Waals surface area contributed by atoms with Crippen molar-refractivity contribution in [1.82, 2.24) is 0 Å². The first-order valence-electron chi connectivity index (χ1n) is 7.30. The minimum atomic E-state index is -0.433. The minimum absolute atomic E-state index is 0.257. The summed E-state index contributed by atoms with van der Waals surface area (Å²) in [6, 6.07) is 7.67. The van der Waals surface area contributed by atoms with Crippen LogP contribution in [-0.4, -0.2) is 37.4 Å². The SMILES string of the molecule is COc1cc(NC(=O)/C=C/c2cccc(O)c2O)cc(OC)c1OC. The monoisotopic (exact) mass is 345 g/mol. The van der Waals surface area contributed by atoms with Gasteiger partial charge in [-0.1, -0.05) is 12.1 Å². The second-order valence-corrected chi connectivity index (χ2v) is 4.95. The number of nitrogens with one attached hydrogen (secondary N) is 1. The van der Waals surface area contributed by atoms with Gasteiger partial charge >= 0.3 is 0 Å². The summed E-state index contributed by atoms with van der Waals surface area (Å²) < 4.78 is 15.7. The highest BCUT2D eigenvalue weighted by Gasteiger charge is 2.14. The number of carbonyl (C=O) groups is 1. The van der Waals surface area contributed by atoms with Gasteiger partial charge < -0.3 is 29.7 Å². The Morgan fingerprint density at radius 3 is 2.24 bits per heavy atom. The maximum Gasteiger partial charge on any atom is 0.248 e. The number of phenolic OH excluding ortho intramolecular Hbond substituents is 2. The van der Waals surface area contributed by atoms with Crippen LogP contribution in [0.2, 0.25) is 0 Å². The van der Waals surface area contributed by atoms with E-state index in [4.69, 9.17) is 14.2 Å². The molecule has 25 heavy (non-hydrogen) atoms. The molecule has 0 saturated heterocycles. The van der Waals surface area contributed by atoms with Crippen LogP contribution in [0.5, 0.6) is 28.7 Å². The molecule has 0 aromatic heterocycles. The molecule has 3 N–H and O–H groups in total. The number of hydrogen-bond acceptors (Lipinski definition) is 6. The average molecular weight is 345 g/mol. The van der Waals surface area contributed by atoms with E-state index in [2.05, 4.69) is 5.32 Å². The summed E-state index contributed by atoms with van der Waals surface area (Å²) >= 11 is 0. The fraction of sp³-hybridized carbons (Fsp3) is 0.167. The molecule has 7 heteroatoms. The Morgan fingerprint density at radius 1 is 1.04 bits per heavy atom. The Bertz CT molecular complexity index is 775. The number of anilines is 1. The summed E-state index contributed by atoms with van der Waals surface area (Å²) in [5.41, 5.74) is 0.768. The van der Waals surface area contributed by atoms with Gasteiger partial charge in [0.05, 0.1) is 21.3 Å². The molecule has 0 bridgehead atoms. The van der Waals surface area contributed by atoms with Crippen molar-refractivity contribution in [3.63, 3.8) is 0 Å². The normalized spacial score (nSPS) is 10.5. The quantitative estimate of drug-likeness (QED) is 0.550. The highest BCUT2D eigenvalue weighted by molar-refractivity contribution is 6.02. The van der Waals surface area contributed by atoms with Crippen molar-refractivity contribution in [3.8, 4) is 28.7 Å². The van der Waals surface area contributed by atoms with Gasteiger partial charge in [0.15, 0.2) is 23.0 Å². The van der Waals surface area contributed by atoms with Crippen molar-refractivity contribution >= 4 is 17.7 Å². The van der Waals surface area contributed by atoms with E-state index >= 15 is 0 Å². The zero-order valence-electron chi connectivity index (χ0n) is 14.1. The van der Waals surface area contributed by atoms with Gasteiger partial charge in [0.2, 0.25) is 11.7 Å². The van der Waals surface area contributed by atoms with Crippen LogP contribution in [0.3, 0.4) is 0 Å². The van der Waals surface area contributed by atoms with E-state index in [9.17, 15) is 15.0 Å². The lowest BCUT2D eigenvalue weighted by Gasteiger charge is -2.14. The van der Waals surface area contributed by atoms with Gasteiger partial charge in [0.1, 0.15) is 0 Å². The third-order valence-electron chi connectivity index (χ3n) is 3.39. The number of carbonyl (C=O) groups excluding carboxylic acids is 1. The topological polar surface area (TPSA) is 97.3 Å². The van der Waals surface area contributed by atoms with Gasteiger partial charge in [0, 0.05) is 29.5 Å². The molecule has 0 saturated carbocycles. The highest BCUT2D eigenvalue weighted by Crippen LogP contribution is 2.39. The van der Waals surface area contributed by atoms with E-state index in [0.717, 1.165) is 0 Å². The van der Waals surface area contributed by atoms with Crippen molar-refractivity contribution in [2.24, 2.45) is 0 Å². The summed E-state index contributed by atoms with van der Waals surface area (Å²) in [4.78, 5) is 12.1. The second-order valence-electron chi connectivity index (χ2n) is 4.95. The molecule has 2 aromatic carbocycles. The van der Waals surface area contributed by atoms with E-state index in [-0.39, 0.29) is 11.5 Å². The van der Waals surface area contributed by atoms with Crippen molar-refractivity contribution < 1.29 is 29.2 Å². The van der Waals surface area contributed by atoms with Crippen molar-refractivity contribution in [2.75, 3.05) is 26.6 Å². The van der Waals surface area contributed by atoms with Gasteiger partial charge in [-0.2, -0.15) is 0 Å². The molecule has 0 atom stereocenters. The van der Waals surface area contributed by atoms with Gasteiger partial charge in [-0.15, -0.1) is 0 Å². The molecule has 0 fully saturated rings. The third-order valence-corrected chi connectivity index (χ3v) is 3.39. The van der Waals surface area contributed by atoms with Crippen molar-refractivity contribution in [2.45, 2.75) is 0 Å². The molecule has 7 nitrogen and oxygen atoms in total. The molecule has 2 rings (SSSR count). The molecular weight excluding hydrogens is 326 g/mol. The molecule has 0 spiro atoms. The van der Waals surface area contributed by atoms with Crippen LogP contribution in [0.4, 0.5) is 5.69 Å². The molecule has 1 amide bonds. The average Bonchev–Trinajstić information content (AvgIpc) is 2.62.